The second-order valence-corrected chi connectivity index (χ2v) is 8.81. The topological polar surface area (TPSA) is 93.5 Å². The molecule has 0 bridgehead atoms. The molecular formula is C24H26N4O4S. The number of hydrogen-bond donors (Lipinski definition) is 1. The van der Waals surface area contributed by atoms with Crippen molar-refractivity contribution in [2.45, 2.75) is 26.7 Å². The number of hydrogen-bond acceptors (Lipinski definition) is 6. The van der Waals surface area contributed by atoms with E-state index in [2.05, 4.69) is 10.4 Å². The van der Waals surface area contributed by atoms with Crippen molar-refractivity contribution < 1.29 is 19.1 Å². The van der Waals surface area contributed by atoms with Gasteiger partial charge in [-0.2, -0.15) is 5.10 Å². The number of anilines is 1. The SMILES string of the molecule is CCOC(=O)c1cnn(-c2cccc(NC(=O)C3CCN(C(=O)c4cccs4)CC3)c2)c1C. The summed E-state index contributed by atoms with van der Waals surface area (Å²) >= 11 is 1.44. The number of thiophene rings is 1. The summed E-state index contributed by atoms with van der Waals surface area (Å²) in [5.74, 6) is -0.578. The largest absolute Gasteiger partial charge is 0.462 e. The first-order chi connectivity index (χ1) is 16.0. The Morgan fingerprint density at radius 2 is 1.97 bits per heavy atom. The Balaban J connectivity index is 1.39. The Hall–Kier alpha value is -3.46. The van der Waals surface area contributed by atoms with Crippen molar-refractivity contribution in [2.75, 3.05) is 25.0 Å². The molecule has 1 fully saturated rings. The molecule has 0 atom stereocenters. The van der Waals surface area contributed by atoms with Crippen LogP contribution >= 0.6 is 11.3 Å². The maximum absolute atomic E-state index is 12.9. The Morgan fingerprint density at radius 3 is 2.67 bits per heavy atom. The van der Waals surface area contributed by atoms with E-state index in [0.717, 1.165) is 10.6 Å². The number of aromatic nitrogens is 2. The lowest BCUT2D eigenvalue weighted by Gasteiger charge is -2.31. The highest BCUT2D eigenvalue weighted by Gasteiger charge is 2.28. The first-order valence-electron chi connectivity index (χ1n) is 10.9. The molecule has 33 heavy (non-hydrogen) atoms. The quantitative estimate of drug-likeness (QED) is 0.556. The van der Waals surface area contributed by atoms with Gasteiger partial charge >= 0.3 is 5.97 Å². The number of amides is 2. The van der Waals surface area contributed by atoms with Crippen LogP contribution < -0.4 is 5.32 Å². The van der Waals surface area contributed by atoms with Gasteiger partial charge in [-0.15, -0.1) is 11.3 Å². The third kappa shape index (κ3) is 4.98. The first kappa shape index (κ1) is 22.7. The van der Waals surface area contributed by atoms with Gasteiger partial charge in [0.15, 0.2) is 0 Å². The second kappa shape index (κ2) is 9.99. The maximum atomic E-state index is 12.9. The van der Waals surface area contributed by atoms with Crippen molar-refractivity contribution in [2.24, 2.45) is 5.92 Å². The van der Waals surface area contributed by atoms with Crippen LogP contribution in [0.15, 0.2) is 48.0 Å². The van der Waals surface area contributed by atoms with Crippen LogP contribution in [0.3, 0.4) is 0 Å². The molecule has 1 aromatic carbocycles. The lowest BCUT2D eigenvalue weighted by atomic mass is 9.95. The Kier molecular flexibility index (Phi) is 6.88. The number of rotatable bonds is 6. The predicted molar refractivity (Wildman–Crippen MR) is 126 cm³/mol. The molecule has 2 amide bonds. The van der Waals surface area contributed by atoms with Gasteiger partial charge in [-0.3, -0.25) is 9.59 Å². The molecule has 0 spiro atoms. The van der Waals surface area contributed by atoms with Crippen LogP contribution in [0, 0.1) is 12.8 Å². The van der Waals surface area contributed by atoms with Crippen molar-refractivity contribution >= 4 is 34.8 Å². The van der Waals surface area contributed by atoms with Crippen molar-refractivity contribution in [3.63, 3.8) is 0 Å². The maximum Gasteiger partial charge on any atom is 0.341 e. The minimum absolute atomic E-state index is 0.0355. The molecular weight excluding hydrogens is 440 g/mol. The van der Waals surface area contributed by atoms with Gasteiger partial charge in [0.2, 0.25) is 5.91 Å². The highest BCUT2D eigenvalue weighted by atomic mass is 32.1. The zero-order chi connectivity index (χ0) is 23.4. The molecule has 1 saturated heterocycles. The lowest BCUT2D eigenvalue weighted by molar-refractivity contribution is -0.121. The van der Waals surface area contributed by atoms with E-state index >= 15 is 0 Å². The average Bonchev–Trinajstić information content (AvgIpc) is 3.49. The van der Waals surface area contributed by atoms with Gasteiger partial charge in [0.05, 0.1) is 29.1 Å². The molecule has 0 unspecified atom stereocenters. The standard InChI is InChI=1S/C24H26N4O4S/c1-3-32-24(31)20-15-25-28(16(20)2)19-7-4-6-18(14-19)26-22(29)17-9-11-27(12-10-17)23(30)21-8-5-13-33-21/h4-8,13-15,17H,3,9-12H2,1-2H3,(H,26,29). The van der Waals surface area contributed by atoms with Crippen molar-refractivity contribution in [3.8, 4) is 5.69 Å². The van der Waals surface area contributed by atoms with Crippen LogP contribution in [0.4, 0.5) is 5.69 Å². The number of nitrogens with zero attached hydrogens (tertiary/aromatic N) is 3. The summed E-state index contributed by atoms with van der Waals surface area (Å²) in [7, 11) is 0. The molecule has 3 heterocycles. The molecule has 1 aliphatic rings. The number of nitrogens with one attached hydrogen (secondary N) is 1. The van der Waals surface area contributed by atoms with Gasteiger partial charge < -0.3 is 15.0 Å². The van der Waals surface area contributed by atoms with Gasteiger partial charge in [-0.05, 0) is 56.3 Å². The molecule has 3 aromatic rings. The van der Waals surface area contributed by atoms with Gasteiger partial charge in [-0.25, -0.2) is 9.48 Å². The highest BCUT2D eigenvalue weighted by Crippen LogP contribution is 2.24. The van der Waals surface area contributed by atoms with Gasteiger partial charge in [0.1, 0.15) is 5.56 Å². The third-order valence-corrected chi connectivity index (χ3v) is 6.61. The van der Waals surface area contributed by atoms with E-state index in [4.69, 9.17) is 4.74 Å². The van der Waals surface area contributed by atoms with Crippen molar-refractivity contribution in [3.05, 3.63) is 64.1 Å². The van der Waals surface area contributed by atoms with Crippen LogP contribution in [0.25, 0.3) is 5.69 Å². The zero-order valence-electron chi connectivity index (χ0n) is 18.6. The van der Waals surface area contributed by atoms with Crippen molar-refractivity contribution in [1.29, 1.82) is 0 Å². The molecule has 0 radical (unpaired) electrons. The minimum Gasteiger partial charge on any atom is -0.462 e. The van der Waals surface area contributed by atoms with Crippen LogP contribution in [-0.4, -0.2) is 52.2 Å². The summed E-state index contributed by atoms with van der Waals surface area (Å²) in [6.07, 6.45) is 2.75. The Bertz CT molecular complexity index is 1150. The molecule has 0 saturated carbocycles. The molecule has 9 heteroatoms. The third-order valence-electron chi connectivity index (χ3n) is 5.75. The average molecular weight is 467 g/mol. The van der Waals surface area contributed by atoms with E-state index in [1.807, 2.05) is 46.7 Å². The Morgan fingerprint density at radius 1 is 1.18 bits per heavy atom. The monoisotopic (exact) mass is 466 g/mol. The molecule has 2 aromatic heterocycles. The summed E-state index contributed by atoms with van der Waals surface area (Å²) in [6.45, 7) is 4.99. The van der Waals surface area contributed by atoms with Crippen LogP contribution in [0.2, 0.25) is 0 Å². The summed E-state index contributed by atoms with van der Waals surface area (Å²) in [4.78, 5) is 40.0. The van der Waals surface area contributed by atoms with Gasteiger partial charge in [-0.1, -0.05) is 12.1 Å². The summed E-state index contributed by atoms with van der Waals surface area (Å²) in [5, 5.41) is 9.19. The van der Waals surface area contributed by atoms with Crippen LogP contribution in [0.1, 0.15) is 45.5 Å². The zero-order valence-corrected chi connectivity index (χ0v) is 19.4. The smallest absolute Gasteiger partial charge is 0.341 e. The molecule has 8 nitrogen and oxygen atoms in total. The molecule has 172 valence electrons. The van der Waals surface area contributed by atoms with E-state index in [-0.39, 0.29) is 17.7 Å². The summed E-state index contributed by atoms with van der Waals surface area (Å²) < 4.78 is 6.72. The van der Waals surface area contributed by atoms with Crippen LogP contribution in [0.5, 0.6) is 0 Å². The summed E-state index contributed by atoms with van der Waals surface area (Å²) in [5.41, 5.74) is 2.47. The fraction of sp³-hybridized carbons (Fsp3) is 0.333. The van der Waals surface area contributed by atoms with E-state index in [1.165, 1.54) is 17.5 Å². The van der Waals surface area contributed by atoms with Gasteiger partial charge in [0, 0.05) is 24.7 Å². The summed E-state index contributed by atoms with van der Waals surface area (Å²) in [6, 6.07) is 11.0. The van der Waals surface area contributed by atoms with Crippen LogP contribution in [-0.2, 0) is 9.53 Å². The highest BCUT2D eigenvalue weighted by molar-refractivity contribution is 7.12. The predicted octanol–water partition coefficient (Wildman–Crippen LogP) is 3.91. The van der Waals surface area contributed by atoms with E-state index in [1.54, 1.807) is 18.5 Å². The number of benzene rings is 1. The lowest BCUT2D eigenvalue weighted by Crippen LogP contribution is -2.41. The van der Waals surface area contributed by atoms with E-state index in [0.29, 0.717) is 49.5 Å². The number of likely N-dealkylation sites (tertiary alicyclic amines) is 1. The fourth-order valence-corrected chi connectivity index (χ4v) is 4.63. The number of piperidine rings is 1. The van der Waals surface area contributed by atoms with E-state index in [9.17, 15) is 14.4 Å². The van der Waals surface area contributed by atoms with Crippen molar-refractivity contribution in [1.82, 2.24) is 14.7 Å². The van der Waals surface area contributed by atoms with E-state index < -0.39 is 5.97 Å². The molecule has 0 aliphatic carbocycles. The first-order valence-corrected chi connectivity index (χ1v) is 11.8. The minimum atomic E-state index is -0.408. The second-order valence-electron chi connectivity index (χ2n) is 7.86. The number of carbonyl (C=O) groups is 3. The normalized spacial score (nSPS) is 14.2. The number of ether oxygens (including phenoxy) is 1. The fourth-order valence-electron chi connectivity index (χ4n) is 3.94. The van der Waals surface area contributed by atoms with Gasteiger partial charge in [0.25, 0.3) is 5.91 Å². The number of carbonyl (C=O) groups excluding carboxylic acids is 3. The molecule has 1 N–H and O–H groups in total. The Labute approximate surface area is 196 Å². The molecule has 4 rings (SSSR count). The number of esters is 1. The molecule has 1 aliphatic heterocycles.